The lowest BCUT2D eigenvalue weighted by Crippen LogP contribution is -2.24. The van der Waals surface area contributed by atoms with Gasteiger partial charge in [-0.25, -0.2) is 4.79 Å². The summed E-state index contributed by atoms with van der Waals surface area (Å²) in [4.78, 5) is 20.6. The van der Waals surface area contributed by atoms with E-state index in [4.69, 9.17) is 5.11 Å². The Bertz CT molecular complexity index is 405. The van der Waals surface area contributed by atoms with Crippen LogP contribution in [0.2, 0.25) is 0 Å². The number of nitro benzene ring substituents is 1. The monoisotopic (exact) mass is 211 g/mol. The number of nitro groups is 1. The average molecular weight is 211 g/mol. The molecule has 0 aliphatic heterocycles. The number of rotatable bonds is 2. The summed E-state index contributed by atoms with van der Waals surface area (Å²) >= 11 is 0. The molecular weight excluding hydrogens is 202 g/mol. The highest BCUT2D eigenvalue weighted by Crippen LogP contribution is 2.28. The second-order valence-electron chi connectivity index (χ2n) is 2.66. The normalized spacial score (nSPS) is 9.40. The van der Waals surface area contributed by atoms with E-state index in [2.05, 4.69) is 10.6 Å². The molecule has 0 unspecified atom stereocenters. The number of hydrogen-bond donors (Lipinski definition) is 3. The number of benzene rings is 1. The van der Waals surface area contributed by atoms with Gasteiger partial charge in [0.25, 0.3) is 0 Å². The number of aromatic hydroxyl groups is 1. The number of carbonyl (C=O) groups is 1. The van der Waals surface area contributed by atoms with Crippen LogP contribution in [-0.4, -0.2) is 23.1 Å². The Balaban J connectivity index is 2.97. The highest BCUT2D eigenvalue weighted by Gasteiger charge is 2.14. The van der Waals surface area contributed by atoms with Crippen molar-refractivity contribution in [1.82, 2.24) is 5.32 Å². The van der Waals surface area contributed by atoms with Gasteiger partial charge in [0, 0.05) is 18.8 Å². The zero-order valence-corrected chi connectivity index (χ0v) is 7.85. The summed E-state index contributed by atoms with van der Waals surface area (Å²) in [5, 5.41) is 24.2. The van der Waals surface area contributed by atoms with E-state index in [-0.39, 0.29) is 5.69 Å². The van der Waals surface area contributed by atoms with Gasteiger partial charge in [0.05, 0.1) is 4.92 Å². The fraction of sp³-hybridized carbons (Fsp3) is 0.125. The Morgan fingerprint density at radius 1 is 1.53 bits per heavy atom. The molecule has 0 radical (unpaired) electrons. The minimum atomic E-state index is -0.732. The summed E-state index contributed by atoms with van der Waals surface area (Å²) in [5.74, 6) is -0.442. The first-order valence-corrected chi connectivity index (χ1v) is 4.00. The van der Waals surface area contributed by atoms with Crippen LogP contribution in [-0.2, 0) is 0 Å². The van der Waals surface area contributed by atoms with Gasteiger partial charge in [0.15, 0.2) is 5.75 Å². The lowest BCUT2D eigenvalue weighted by molar-refractivity contribution is -0.385. The Morgan fingerprint density at radius 3 is 2.73 bits per heavy atom. The quantitative estimate of drug-likeness (QED) is 0.386. The van der Waals surface area contributed by atoms with Gasteiger partial charge >= 0.3 is 11.7 Å². The zero-order chi connectivity index (χ0) is 11.4. The fourth-order valence-electron chi connectivity index (χ4n) is 0.941. The Kier molecular flexibility index (Phi) is 3.06. The third kappa shape index (κ3) is 2.56. The van der Waals surface area contributed by atoms with Crippen molar-refractivity contribution in [3.8, 4) is 5.75 Å². The summed E-state index contributed by atoms with van der Waals surface area (Å²) in [6.07, 6.45) is 0. The first-order chi connectivity index (χ1) is 7.04. The van der Waals surface area contributed by atoms with E-state index >= 15 is 0 Å². The molecule has 3 N–H and O–H groups in total. The van der Waals surface area contributed by atoms with Crippen molar-refractivity contribution in [2.24, 2.45) is 0 Å². The molecule has 1 aromatic carbocycles. The van der Waals surface area contributed by atoms with Gasteiger partial charge in [0.1, 0.15) is 0 Å². The molecule has 7 heteroatoms. The molecular formula is C8H9N3O4. The molecule has 0 spiro atoms. The molecule has 0 aromatic heterocycles. The molecule has 0 atom stereocenters. The van der Waals surface area contributed by atoms with Crippen LogP contribution in [0.4, 0.5) is 16.2 Å². The number of urea groups is 1. The molecule has 0 fully saturated rings. The van der Waals surface area contributed by atoms with Gasteiger partial charge in [-0.1, -0.05) is 0 Å². The van der Waals surface area contributed by atoms with Crippen LogP contribution >= 0.6 is 0 Å². The lowest BCUT2D eigenvalue weighted by Gasteiger charge is -2.04. The highest BCUT2D eigenvalue weighted by molar-refractivity contribution is 5.89. The predicted molar refractivity (Wildman–Crippen MR) is 52.8 cm³/mol. The van der Waals surface area contributed by atoms with Crippen molar-refractivity contribution in [1.29, 1.82) is 0 Å². The number of anilines is 1. The van der Waals surface area contributed by atoms with E-state index in [9.17, 15) is 14.9 Å². The van der Waals surface area contributed by atoms with Crippen LogP contribution in [0.3, 0.4) is 0 Å². The van der Waals surface area contributed by atoms with E-state index in [0.29, 0.717) is 0 Å². The van der Waals surface area contributed by atoms with Gasteiger partial charge in [0.2, 0.25) is 0 Å². The van der Waals surface area contributed by atoms with Crippen LogP contribution < -0.4 is 10.6 Å². The third-order valence-corrected chi connectivity index (χ3v) is 1.66. The van der Waals surface area contributed by atoms with Crippen molar-refractivity contribution in [3.05, 3.63) is 28.3 Å². The van der Waals surface area contributed by atoms with Crippen molar-refractivity contribution >= 4 is 17.4 Å². The Hall–Kier alpha value is -2.31. The summed E-state index contributed by atoms with van der Waals surface area (Å²) in [6.45, 7) is 0. The number of phenols is 1. The molecule has 0 bridgehead atoms. The van der Waals surface area contributed by atoms with Crippen LogP contribution in [0.5, 0.6) is 5.75 Å². The summed E-state index contributed by atoms with van der Waals surface area (Å²) in [5.41, 5.74) is -0.220. The first-order valence-electron chi connectivity index (χ1n) is 4.00. The minimum absolute atomic E-state index is 0.235. The van der Waals surface area contributed by atoms with Gasteiger partial charge < -0.3 is 15.7 Å². The summed E-state index contributed by atoms with van der Waals surface area (Å²) in [7, 11) is 1.42. The zero-order valence-electron chi connectivity index (χ0n) is 7.85. The molecule has 1 aromatic rings. The van der Waals surface area contributed by atoms with Crippen molar-refractivity contribution < 1.29 is 14.8 Å². The third-order valence-electron chi connectivity index (χ3n) is 1.66. The average Bonchev–Trinajstić information content (AvgIpc) is 2.20. The van der Waals surface area contributed by atoms with E-state index in [0.717, 1.165) is 12.1 Å². The molecule has 0 heterocycles. The van der Waals surface area contributed by atoms with Crippen LogP contribution in [0.1, 0.15) is 0 Å². The van der Waals surface area contributed by atoms with Crippen LogP contribution in [0, 0.1) is 10.1 Å². The van der Waals surface area contributed by atoms with E-state index in [1.807, 2.05) is 0 Å². The van der Waals surface area contributed by atoms with E-state index in [1.54, 1.807) is 0 Å². The van der Waals surface area contributed by atoms with Crippen LogP contribution in [0.15, 0.2) is 18.2 Å². The van der Waals surface area contributed by atoms with E-state index in [1.165, 1.54) is 13.1 Å². The van der Waals surface area contributed by atoms with Crippen LogP contribution in [0.25, 0.3) is 0 Å². The number of nitrogens with one attached hydrogen (secondary N) is 2. The second kappa shape index (κ2) is 4.27. The van der Waals surface area contributed by atoms with Gasteiger partial charge in [-0.05, 0) is 12.1 Å². The molecule has 1 rings (SSSR count). The number of phenolic OH excluding ortho intramolecular Hbond substituents is 1. The number of carbonyl (C=O) groups excluding carboxylic acids is 1. The Labute approximate surface area is 84.9 Å². The largest absolute Gasteiger partial charge is 0.502 e. The maximum absolute atomic E-state index is 10.9. The van der Waals surface area contributed by atoms with Crippen molar-refractivity contribution in [2.75, 3.05) is 12.4 Å². The van der Waals surface area contributed by atoms with E-state index < -0.39 is 22.4 Å². The number of hydrogen-bond acceptors (Lipinski definition) is 4. The van der Waals surface area contributed by atoms with Gasteiger partial charge in [-0.15, -0.1) is 0 Å². The molecule has 0 aliphatic carbocycles. The molecule has 2 amide bonds. The van der Waals surface area contributed by atoms with Gasteiger partial charge in [-0.2, -0.15) is 0 Å². The fourth-order valence-corrected chi connectivity index (χ4v) is 0.941. The SMILES string of the molecule is CNC(=O)Nc1ccc(O)c([N+](=O)[O-])c1. The molecule has 0 aliphatic rings. The summed E-state index contributed by atoms with van der Waals surface area (Å²) in [6, 6.07) is 3.08. The molecule has 15 heavy (non-hydrogen) atoms. The highest BCUT2D eigenvalue weighted by atomic mass is 16.6. The molecule has 7 nitrogen and oxygen atoms in total. The van der Waals surface area contributed by atoms with Crippen molar-refractivity contribution in [2.45, 2.75) is 0 Å². The Morgan fingerprint density at radius 2 is 2.20 bits per heavy atom. The number of nitrogens with zero attached hydrogens (tertiary/aromatic N) is 1. The summed E-state index contributed by atoms with van der Waals surface area (Å²) < 4.78 is 0. The lowest BCUT2D eigenvalue weighted by atomic mass is 10.2. The minimum Gasteiger partial charge on any atom is -0.502 e. The predicted octanol–water partition coefficient (Wildman–Crippen LogP) is 1.05. The molecule has 0 saturated heterocycles. The smallest absolute Gasteiger partial charge is 0.318 e. The maximum atomic E-state index is 10.9. The topological polar surface area (TPSA) is 104 Å². The maximum Gasteiger partial charge on any atom is 0.318 e. The first kappa shape index (κ1) is 10.8. The molecule has 80 valence electrons. The van der Waals surface area contributed by atoms with Crippen molar-refractivity contribution in [3.63, 3.8) is 0 Å². The van der Waals surface area contributed by atoms with Gasteiger partial charge in [-0.3, -0.25) is 10.1 Å². The second-order valence-corrected chi connectivity index (χ2v) is 2.66. The number of amides is 2. The standard InChI is InChI=1S/C8H9N3O4/c1-9-8(13)10-5-2-3-7(12)6(4-5)11(14)15/h2-4,12H,1H3,(H2,9,10,13). The molecule has 0 saturated carbocycles.